The summed E-state index contributed by atoms with van der Waals surface area (Å²) in [7, 11) is 0. The number of hydrogen-bond donors (Lipinski definition) is 0. The van der Waals surface area contributed by atoms with E-state index >= 15 is 0 Å². The molecular formula is C15H9FN4S. The summed E-state index contributed by atoms with van der Waals surface area (Å²) in [6.07, 6.45) is 0. The van der Waals surface area contributed by atoms with Gasteiger partial charge >= 0.3 is 0 Å². The summed E-state index contributed by atoms with van der Waals surface area (Å²) in [5.41, 5.74) is 1.83. The zero-order chi connectivity index (χ0) is 14.2. The lowest BCUT2D eigenvalue weighted by Gasteiger charge is -1.97. The Labute approximate surface area is 123 Å². The van der Waals surface area contributed by atoms with Crippen molar-refractivity contribution in [3.63, 3.8) is 0 Å². The molecule has 0 amide bonds. The number of rotatable bonds is 2. The van der Waals surface area contributed by atoms with Crippen LogP contribution in [-0.2, 0) is 0 Å². The molecule has 6 heteroatoms. The Balaban J connectivity index is 1.85. The Kier molecular flexibility index (Phi) is 2.75. The first kappa shape index (κ1) is 12.2. The molecule has 2 aromatic heterocycles. The molecule has 0 aliphatic rings. The minimum Gasteiger partial charge on any atom is -0.207 e. The average Bonchev–Trinajstić information content (AvgIpc) is 3.09. The van der Waals surface area contributed by atoms with Crippen LogP contribution in [0.2, 0.25) is 0 Å². The Bertz CT molecular complexity index is 896. The van der Waals surface area contributed by atoms with Crippen molar-refractivity contribution in [1.82, 2.24) is 19.8 Å². The average molecular weight is 296 g/mol. The summed E-state index contributed by atoms with van der Waals surface area (Å²) in [6, 6.07) is 16.1. The van der Waals surface area contributed by atoms with E-state index in [1.54, 1.807) is 16.6 Å². The molecule has 0 radical (unpaired) electrons. The second-order valence-corrected chi connectivity index (χ2v) is 5.45. The highest BCUT2D eigenvalue weighted by Crippen LogP contribution is 2.27. The molecule has 0 bridgehead atoms. The molecule has 2 aromatic carbocycles. The van der Waals surface area contributed by atoms with E-state index in [4.69, 9.17) is 0 Å². The number of nitrogens with zero attached hydrogens (tertiary/aromatic N) is 4. The molecule has 4 aromatic rings. The maximum absolute atomic E-state index is 13.0. The molecule has 0 unspecified atom stereocenters. The van der Waals surface area contributed by atoms with Crippen molar-refractivity contribution < 1.29 is 4.39 Å². The second kappa shape index (κ2) is 4.75. The van der Waals surface area contributed by atoms with Gasteiger partial charge in [-0.05, 0) is 24.3 Å². The van der Waals surface area contributed by atoms with Gasteiger partial charge in [0.1, 0.15) is 10.8 Å². The standard InChI is InChI=1S/C15H9FN4S/c16-12-8-6-10(7-9-12)13-17-18-15-20(13)19-14(21-15)11-4-2-1-3-5-11/h1-9H. The molecule has 0 saturated heterocycles. The Hall–Kier alpha value is -2.60. The fraction of sp³-hybridized carbons (Fsp3) is 0. The van der Waals surface area contributed by atoms with Gasteiger partial charge < -0.3 is 0 Å². The highest BCUT2D eigenvalue weighted by Gasteiger charge is 2.14. The SMILES string of the molecule is Fc1ccc(-c2nnc3sc(-c4ccccc4)nn23)cc1. The molecule has 4 rings (SSSR count). The van der Waals surface area contributed by atoms with Gasteiger partial charge in [-0.25, -0.2) is 4.39 Å². The van der Waals surface area contributed by atoms with Crippen molar-refractivity contribution in [3.8, 4) is 22.0 Å². The monoisotopic (exact) mass is 296 g/mol. The minimum atomic E-state index is -0.275. The maximum Gasteiger partial charge on any atom is 0.235 e. The zero-order valence-corrected chi connectivity index (χ0v) is 11.6. The molecular weight excluding hydrogens is 287 g/mol. The van der Waals surface area contributed by atoms with Crippen LogP contribution in [0.4, 0.5) is 4.39 Å². The quantitative estimate of drug-likeness (QED) is 0.567. The lowest BCUT2D eigenvalue weighted by atomic mass is 10.2. The second-order valence-electron chi connectivity index (χ2n) is 4.50. The van der Waals surface area contributed by atoms with Gasteiger partial charge in [0.15, 0.2) is 5.82 Å². The van der Waals surface area contributed by atoms with Crippen molar-refractivity contribution in [3.05, 3.63) is 60.4 Å². The maximum atomic E-state index is 13.0. The smallest absolute Gasteiger partial charge is 0.207 e. The third-order valence-corrected chi connectivity index (χ3v) is 4.06. The lowest BCUT2D eigenvalue weighted by molar-refractivity contribution is 0.628. The molecule has 0 aliphatic heterocycles. The lowest BCUT2D eigenvalue weighted by Crippen LogP contribution is -1.91. The van der Waals surface area contributed by atoms with E-state index in [9.17, 15) is 4.39 Å². The number of benzene rings is 2. The highest BCUT2D eigenvalue weighted by atomic mass is 32.1. The Morgan fingerprint density at radius 2 is 1.62 bits per heavy atom. The molecule has 2 heterocycles. The molecule has 0 spiro atoms. The third kappa shape index (κ3) is 2.09. The van der Waals surface area contributed by atoms with Crippen molar-refractivity contribution in [2.75, 3.05) is 0 Å². The number of fused-ring (bicyclic) bond motifs is 1. The Morgan fingerprint density at radius 1 is 0.857 bits per heavy atom. The van der Waals surface area contributed by atoms with Gasteiger partial charge in [0.25, 0.3) is 0 Å². The van der Waals surface area contributed by atoms with E-state index in [1.807, 2.05) is 30.3 Å². The van der Waals surface area contributed by atoms with Crippen LogP contribution in [0.1, 0.15) is 0 Å². The molecule has 102 valence electrons. The molecule has 0 atom stereocenters. The van der Waals surface area contributed by atoms with E-state index in [0.717, 1.165) is 16.1 Å². The van der Waals surface area contributed by atoms with Crippen LogP contribution in [0.25, 0.3) is 26.9 Å². The van der Waals surface area contributed by atoms with E-state index in [0.29, 0.717) is 10.8 Å². The molecule has 0 N–H and O–H groups in total. The summed E-state index contributed by atoms with van der Waals surface area (Å²) in [4.78, 5) is 0.716. The largest absolute Gasteiger partial charge is 0.235 e. The van der Waals surface area contributed by atoms with Crippen molar-refractivity contribution in [2.24, 2.45) is 0 Å². The normalized spacial score (nSPS) is 11.1. The predicted molar refractivity (Wildman–Crippen MR) is 79.5 cm³/mol. The Morgan fingerprint density at radius 3 is 2.38 bits per heavy atom. The van der Waals surface area contributed by atoms with E-state index in [1.165, 1.54) is 23.5 Å². The van der Waals surface area contributed by atoms with Crippen LogP contribution in [0.5, 0.6) is 0 Å². The summed E-state index contributed by atoms with van der Waals surface area (Å²) in [5.74, 6) is 0.339. The van der Waals surface area contributed by atoms with Crippen LogP contribution < -0.4 is 0 Å². The molecule has 21 heavy (non-hydrogen) atoms. The molecule has 4 nitrogen and oxygen atoms in total. The summed E-state index contributed by atoms with van der Waals surface area (Å²) in [5, 5.41) is 13.7. The molecule has 0 saturated carbocycles. The van der Waals surface area contributed by atoms with Crippen LogP contribution in [-0.4, -0.2) is 19.8 Å². The number of halogens is 1. The van der Waals surface area contributed by atoms with Crippen LogP contribution >= 0.6 is 11.3 Å². The van der Waals surface area contributed by atoms with Crippen LogP contribution in [0.3, 0.4) is 0 Å². The predicted octanol–water partition coefficient (Wildman–Crippen LogP) is 3.66. The first-order valence-corrected chi connectivity index (χ1v) is 7.16. The third-order valence-electron chi connectivity index (χ3n) is 3.11. The van der Waals surface area contributed by atoms with Crippen molar-refractivity contribution >= 4 is 16.3 Å². The summed E-state index contributed by atoms with van der Waals surface area (Å²) >= 11 is 1.47. The van der Waals surface area contributed by atoms with Gasteiger partial charge in [0.2, 0.25) is 4.96 Å². The summed E-state index contributed by atoms with van der Waals surface area (Å²) in [6.45, 7) is 0. The van der Waals surface area contributed by atoms with Gasteiger partial charge in [0.05, 0.1) is 0 Å². The van der Waals surface area contributed by atoms with Crippen LogP contribution in [0, 0.1) is 5.82 Å². The molecule has 0 aliphatic carbocycles. The summed E-state index contributed by atoms with van der Waals surface area (Å²) < 4.78 is 14.7. The van der Waals surface area contributed by atoms with E-state index in [2.05, 4.69) is 15.3 Å². The van der Waals surface area contributed by atoms with Crippen molar-refractivity contribution in [2.45, 2.75) is 0 Å². The van der Waals surface area contributed by atoms with Crippen molar-refractivity contribution in [1.29, 1.82) is 0 Å². The van der Waals surface area contributed by atoms with Gasteiger partial charge in [-0.2, -0.15) is 9.61 Å². The minimum absolute atomic E-state index is 0.275. The van der Waals surface area contributed by atoms with Gasteiger partial charge in [-0.15, -0.1) is 10.2 Å². The number of aromatic nitrogens is 4. The first-order valence-electron chi connectivity index (χ1n) is 6.35. The topological polar surface area (TPSA) is 43.1 Å². The fourth-order valence-corrected chi connectivity index (χ4v) is 2.94. The van der Waals surface area contributed by atoms with Gasteiger partial charge in [-0.1, -0.05) is 41.7 Å². The van der Waals surface area contributed by atoms with Crippen LogP contribution in [0.15, 0.2) is 54.6 Å². The first-order chi connectivity index (χ1) is 10.3. The van der Waals surface area contributed by atoms with Gasteiger partial charge in [-0.3, -0.25) is 0 Å². The number of hydrogen-bond acceptors (Lipinski definition) is 4. The zero-order valence-electron chi connectivity index (χ0n) is 10.8. The van der Waals surface area contributed by atoms with E-state index < -0.39 is 0 Å². The highest BCUT2D eigenvalue weighted by molar-refractivity contribution is 7.19. The fourth-order valence-electron chi connectivity index (χ4n) is 2.09. The molecule has 0 fully saturated rings. The van der Waals surface area contributed by atoms with Gasteiger partial charge in [0, 0.05) is 11.1 Å². The van der Waals surface area contributed by atoms with E-state index in [-0.39, 0.29) is 5.82 Å².